The molecular weight excluding hydrogens is 200 g/mol. The number of piperazine rings is 1. The van der Waals surface area contributed by atoms with Crippen LogP contribution in [-0.4, -0.2) is 98.1 Å². The van der Waals surface area contributed by atoms with E-state index in [-0.39, 0.29) is 0 Å². The van der Waals surface area contributed by atoms with E-state index in [2.05, 4.69) is 33.7 Å². The number of likely N-dealkylation sites (N-methyl/N-ethyl adjacent to an activating group) is 2. The van der Waals surface area contributed by atoms with E-state index < -0.39 is 0 Å². The molecule has 0 spiro atoms. The first-order valence-electron chi connectivity index (χ1n) is 6.57. The fourth-order valence-electron chi connectivity index (χ4n) is 3.26. The van der Waals surface area contributed by atoms with Crippen LogP contribution in [0.4, 0.5) is 0 Å². The minimum Gasteiger partial charge on any atom is -0.303 e. The van der Waals surface area contributed by atoms with Crippen LogP contribution in [0.25, 0.3) is 0 Å². The van der Waals surface area contributed by atoms with Crippen molar-refractivity contribution in [3.63, 3.8) is 0 Å². The summed E-state index contributed by atoms with van der Waals surface area (Å²) in [5.74, 6) is 0. The van der Waals surface area contributed by atoms with Gasteiger partial charge in [-0.05, 0) is 14.1 Å². The molecule has 3 rings (SSSR count). The van der Waals surface area contributed by atoms with Crippen LogP contribution in [0.1, 0.15) is 0 Å². The Balaban J connectivity index is 1.42. The Morgan fingerprint density at radius 2 is 0.938 bits per heavy atom. The summed E-state index contributed by atoms with van der Waals surface area (Å²) >= 11 is 0. The lowest BCUT2D eigenvalue weighted by Crippen LogP contribution is -2.66. The van der Waals surface area contributed by atoms with E-state index in [0.717, 1.165) is 12.1 Å². The zero-order valence-corrected chi connectivity index (χ0v) is 10.6. The van der Waals surface area contributed by atoms with Gasteiger partial charge in [0.1, 0.15) is 0 Å². The Bertz CT molecular complexity index is 211. The molecule has 4 heteroatoms. The molecule has 0 aliphatic carbocycles. The highest BCUT2D eigenvalue weighted by Crippen LogP contribution is 2.18. The van der Waals surface area contributed by atoms with Gasteiger partial charge in [-0.2, -0.15) is 0 Å². The first kappa shape index (κ1) is 11.0. The highest BCUT2D eigenvalue weighted by Gasteiger charge is 2.35. The van der Waals surface area contributed by atoms with Crippen LogP contribution in [-0.2, 0) is 0 Å². The van der Waals surface area contributed by atoms with Crippen molar-refractivity contribution < 1.29 is 0 Å². The Morgan fingerprint density at radius 3 is 1.19 bits per heavy atom. The summed E-state index contributed by atoms with van der Waals surface area (Å²) in [6.07, 6.45) is 0. The van der Waals surface area contributed by atoms with Crippen LogP contribution >= 0.6 is 0 Å². The number of hydrogen-bond donors (Lipinski definition) is 0. The maximum atomic E-state index is 2.69. The summed E-state index contributed by atoms with van der Waals surface area (Å²) < 4.78 is 0. The second kappa shape index (κ2) is 4.26. The van der Waals surface area contributed by atoms with Gasteiger partial charge in [-0.15, -0.1) is 0 Å². The molecule has 0 aromatic heterocycles. The third-order valence-corrected chi connectivity index (χ3v) is 4.47. The minimum atomic E-state index is 0.858. The third kappa shape index (κ3) is 1.99. The molecule has 3 heterocycles. The monoisotopic (exact) mass is 224 g/mol. The maximum absolute atomic E-state index is 2.69. The predicted octanol–water partition coefficient (Wildman–Crippen LogP) is -0.768. The number of hydrogen-bond acceptors (Lipinski definition) is 4. The summed E-state index contributed by atoms with van der Waals surface area (Å²) in [5.41, 5.74) is 0. The van der Waals surface area contributed by atoms with E-state index in [4.69, 9.17) is 0 Å². The van der Waals surface area contributed by atoms with Gasteiger partial charge in [-0.25, -0.2) is 0 Å². The number of rotatable bonds is 2. The highest BCUT2D eigenvalue weighted by atomic mass is 15.4. The molecule has 16 heavy (non-hydrogen) atoms. The van der Waals surface area contributed by atoms with Crippen molar-refractivity contribution in [2.75, 3.05) is 66.5 Å². The predicted molar refractivity (Wildman–Crippen MR) is 65.7 cm³/mol. The van der Waals surface area contributed by atoms with Crippen LogP contribution in [0.3, 0.4) is 0 Å². The van der Waals surface area contributed by atoms with Crippen LogP contribution in [0.15, 0.2) is 0 Å². The topological polar surface area (TPSA) is 13.0 Å². The fraction of sp³-hybridized carbons (Fsp3) is 1.00. The van der Waals surface area contributed by atoms with Crippen molar-refractivity contribution in [2.24, 2.45) is 0 Å². The summed E-state index contributed by atoms with van der Waals surface area (Å²) in [4.78, 5) is 10.2. The van der Waals surface area contributed by atoms with E-state index in [9.17, 15) is 0 Å². The average molecular weight is 224 g/mol. The van der Waals surface area contributed by atoms with E-state index in [0.29, 0.717) is 0 Å². The SMILES string of the molecule is CN1CC(N2CCN(C3CN(C)C3)CC2)C1. The second-order valence-electron chi connectivity index (χ2n) is 5.82. The van der Waals surface area contributed by atoms with Crippen molar-refractivity contribution in [1.29, 1.82) is 0 Å². The first-order chi connectivity index (χ1) is 7.72. The Morgan fingerprint density at radius 1 is 0.625 bits per heavy atom. The molecule has 0 saturated carbocycles. The molecule has 0 N–H and O–H groups in total. The Labute approximate surface area is 98.8 Å². The Hall–Kier alpha value is -0.160. The molecule has 0 atom stereocenters. The van der Waals surface area contributed by atoms with Crippen molar-refractivity contribution >= 4 is 0 Å². The normalized spacial score (nSPS) is 32.6. The molecule has 0 aromatic rings. The van der Waals surface area contributed by atoms with Gasteiger partial charge < -0.3 is 9.80 Å². The average Bonchev–Trinajstić information content (AvgIpc) is 2.21. The molecule has 3 fully saturated rings. The first-order valence-corrected chi connectivity index (χ1v) is 6.57. The Kier molecular flexibility index (Phi) is 2.92. The van der Waals surface area contributed by atoms with E-state index >= 15 is 0 Å². The zero-order valence-electron chi connectivity index (χ0n) is 10.6. The smallest absolute Gasteiger partial charge is 0.0351 e. The molecule has 0 radical (unpaired) electrons. The van der Waals surface area contributed by atoms with Crippen molar-refractivity contribution in [2.45, 2.75) is 12.1 Å². The fourth-order valence-corrected chi connectivity index (χ4v) is 3.26. The van der Waals surface area contributed by atoms with Gasteiger partial charge >= 0.3 is 0 Å². The standard InChI is InChI=1S/C12H24N4/c1-13-7-11(8-13)15-3-5-16(6-4-15)12-9-14(2)10-12/h11-12H,3-10H2,1-2H3. The molecule has 0 unspecified atom stereocenters. The second-order valence-corrected chi connectivity index (χ2v) is 5.82. The van der Waals surface area contributed by atoms with E-state index in [1.165, 1.54) is 52.4 Å². The lowest BCUT2D eigenvalue weighted by molar-refractivity contribution is -0.0199. The van der Waals surface area contributed by atoms with Crippen molar-refractivity contribution in [1.82, 2.24) is 19.6 Å². The van der Waals surface area contributed by atoms with Crippen LogP contribution in [0.5, 0.6) is 0 Å². The van der Waals surface area contributed by atoms with Crippen molar-refractivity contribution in [3.8, 4) is 0 Å². The zero-order chi connectivity index (χ0) is 11.1. The molecule has 3 aliphatic rings. The largest absolute Gasteiger partial charge is 0.303 e. The molecule has 0 aromatic carbocycles. The van der Waals surface area contributed by atoms with Gasteiger partial charge in [0.05, 0.1) is 0 Å². The van der Waals surface area contributed by atoms with E-state index in [1.807, 2.05) is 0 Å². The van der Waals surface area contributed by atoms with E-state index in [1.54, 1.807) is 0 Å². The van der Waals surface area contributed by atoms with Gasteiger partial charge in [-0.1, -0.05) is 0 Å². The lowest BCUT2D eigenvalue weighted by atomic mass is 10.0. The lowest BCUT2D eigenvalue weighted by Gasteiger charge is -2.50. The van der Waals surface area contributed by atoms with Gasteiger partial charge in [0.2, 0.25) is 0 Å². The summed E-state index contributed by atoms with van der Waals surface area (Å²) in [7, 11) is 4.44. The minimum absolute atomic E-state index is 0.858. The number of likely N-dealkylation sites (tertiary alicyclic amines) is 2. The quantitative estimate of drug-likeness (QED) is 0.611. The molecule has 3 saturated heterocycles. The van der Waals surface area contributed by atoms with Crippen LogP contribution < -0.4 is 0 Å². The molecule has 0 amide bonds. The number of nitrogens with zero attached hydrogens (tertiary/aromatic N) is 4. The highest BCUT2D eigenvalue weighted by molar-refractivity contribution is 4.92. The van der Waals surface area contributed by atoms with Gasteiger partial charge in [0, 0.05) is 64.4 Å². The summed E-state index contributed by atoms with van der Waals surface area (Å²) in [6.45, 7) is 10.3. The molecular formula is C12H24N4. The molecule has 92 valence electrons. The molecule has 3 aliphatic heterocycles. The molecule has 0 bridgehead atoms. The van der Waals surface area contributed by atoms with Crippen LogP contribution in [0.2, 0.25) is 0 Å². The summed E-state index contributed by atoms with van der Waals surface area (Å²) in [6, 6.07) is 1.72. The van der Waals surface area contributed by atoms with Gasteiger partial charge in [-0.3, -0.25) is 9.80 Å². The van der Waals surface area contributed by atoms with Gasteiger partial charge in [0.25, 0.3) is 0 Å². The summed E-state index contributed by atoms with van der Waals surface area (Å²) in [5, 5.41) is 0. The molecule has 4 nitrogen and oxygen atoms in total. The maximum Gasteiger partial charge on any atom is 0.0351 e. The van der Waals surface area contributed by atoms with Gasteiger partial charge in [0.15, 0.2) is 0 Å². The van der Waals surface area contributed by atoms with Crippen LogP contribution in [0, 0.1) is 0 Å². The van der Waals surface area contributed by atoms with Crippen molar-refractivity contribution in [3.05, 3.63) is 0 Å². The third-order valence-electron chi connectivity index (χ3n) is 4.47.